The van der Waals surface area contributed by atoms with Gasteiger partial charge in [0.05, 0.1) is 22.7 Å². The van der Waals surface area contributed by atoms with Crippen LogP contribution in [0.4, 0.5) is 21.5 Å². The van der Waals surface area contributed by atoms with E-state index in [1.54, 1.807) is 19.2 Å². The van der Waals surface area contributed by atoms with Gasteiger partial charge in [0.1, 0.15) is 5.82 Å². The molecule has 8 heteroatoms. The second-order valence-electron chi connectivity index (χ2n) is 6.88. The maximum absolute atomic E-state index is 13.8. The van der Waals surface area contributed by atoms with Crippen LogP contribution in [-0.2, 0) is 21.2 Å². The number of fused-ring (bicyclic) bond motifs is 1. The number of anilines is 3. The molecule has 142 valence electrons. The molecule has 0 aliphatic carbocycles. The number of amides is 1. The Morgan fingerprint density at radius 1 is 1.04 bits per heavy atom. The fraction of sp³-hybridized carbons (Fsp3) is 0.316. The Labute approximate surface area is 157 Å². The van der Waals surface area contributed by atoms with Crippen molar-refractivity contribution in [2.24, 2.45) is 0 Å². The van der Waals surface area contributed by atoms with Crippen LogP contribution in [0.2, 0.25) is 0 Å². The molecule has 0 spiro atoms. The third-order valence-corrected chi connectivity index (χ3v) is 6.45. The Kier molecular flexibility index (Phi) is 4.30. The van der Waals surface area contributed by atoms with Crippen LogP contribution in [0.15, 0.2) is 41.3 Å². The van der Waals surface area contributed by atoms with Crippen LogP contribution >= 0.6 is 0 Å². The van der Waals surface area contributed by atoms with E-state index in [0.717, 1.165) is 25.9 Å². The van der Waals surface area contributed by atoms with Crippen molar-refractivity contribution < 1.29 is 17.6 Å². The highest BCUT2D eigenvalue weighted by Crippen LogP contribution is 2.33. The van der Waals surface area contributed by atoms with E-state index in [4.69, 9.17) is 0 Å². The zero-order valence-electron chi connectivity index (χ0n) is 14.9. The highest BCUT2D eigenvalue weighted by Gasteiger charge is 2.27. The molecule has 2 aromatic carbocycles. The van der Waals surface area contributed by atoms with E-state index in [-0.39, 0.29) is 22.9 Å². The Hall–Kier alpha value is -2.61. The lowest BCUT2D eigenvalue weighted by molar-refractivity contribution is -0.117. The summed E-state index contributed by atoms with van der Waals surface area (Å²) in [4.78, 5) is 15.4. The Bertz CT molecular complexity index is 1020. The van der Waals surface area contributed by atoms with Crippen molar-refractivity contribution in [1.29, 1.82) is 0 Å². The van der Waals surface area contributed by atoms with E-state index >= 15 is 0 Å². The van der Waals surface area contributed by atoms with E-state index in [2.05, 4.69) is 4.72 Å². The SMILES string of the molecule is CN1C(=O)Cc2cc(S(=O)(=O)Nc3cc(F)ccc3N3CCCC3)ccc21. The second kappa shape index (κ2) is 6.53. The van der Waals surface area contributed by atoms with E-state index < -0.39 is 15.8 Å². The lowest BCUT2D eigenvalue weighted by Crippen LogP contribution is -2.21. The summed E-state index contributed by atoms with van der Waals surface area (Å²) < 4.78 is 42.1. The molecular formula is C19H20FN3O3S. The van der Waals surface area contributed by atoms with Crippen LogP contribution in [0, 0.1) is 5.82 Å². The molecule has 4 rings (SSSR count). The molecule has 0 unspecified atom stereocenters. The third-order valence-electron chi connectivity index (χ3n) is 5.09. The third kappa shape index (κ3) is 3.25. The molecule has 27 heavy (non-hydrogen) atoms. The Morgan fingerprint density at radius 3 is 2.48 bits per heavy atom. The largest absolute Gasteiger partial charge is 0.370 e. The number of likely N-dealkylation sites (N-methyl/N-ethyl adjacent to an activating group) is 1. The smallest absolute Gasteiger partial charge is 0.261 e. The van der Waals surface area contributed by atoms with Crippen molar-refractivity contribution >= 4 is 33.0 Å². The molecule has 1 amide bonds. The molecule has 1 N–H and O–H groups in total. The van der Waals surface area contributed by atoms with Gasteiger partial charge in [-0.25, -0.2) is 12.8 Å². The molecule has 1 fully saturated rings. The molecule has 0 atom stereocenters. The lowest BCUT2D eigenvalue weighted by Gasteiger charge is -2.22. The number of carbonyl (C=O) groups is 1. The van der Waals surface area contributed by atoms with Crippen molar-refractivity contribution in [3.63, 3.8) is 0 Å². The predicted molar refractivity (Wildman–Crippen MR) is 102 cm³/mol. The number of halogens is 1. The van der Waals surface area contributed by atoms with Gasteiger partial charge in [0, 0.05) is 31.9 Å². The topological polar surface area (TPSA) is 69.7 Å². The van der Waals surface area contributed by atoms with E-state index in [1.165, 1.54) is 29.2 Å². The number of nitrogens with zero attached hydrogens (tertiary/aromatic N) is 2. The van der Waals surface area contributed by atoms with Crippen LogP contribution in [0.5, 0.6) is 0 Å². The molecule has 2 aromatic rings. The van der Waals surface area contributed by atoms with E-state index in [0.29, 0.717) is 16.9 Å². The molecule has 0 radical (unpaired) electrons. The van der Waals surface area contributed by atoms with Gasteiger partial charge in [-0.2, -0.15) is 0 Å². The number of hydrogen-bond donors (Lipinski definition) is 1. The number of hydrogen-bond acceptors (Lipinski definition) is 4. The first-order chi connectivity index (χ1) is 12.8. The maximum Gasteiger partial charge on any atom is 0.261 e. The highest BCUT2D eigenvalue weighted by atomic mass is 32.2. The van der Waals surface area contributed by atoms with Gasteiger partial charge in [-0.1, -0.05) is 0 Å². The summed E-state index contributed by atoms with van der Waals surface area (Å²) in [7, 11) is -2.25. The molecule has 0 saturated carbocycles. The minimum absolute atomic E-state index is 0.0565. The summed E-state index contributed by atoms with van der Waals surface area (Å²) in [5, 5.41) is 0. The minimum Gasteiger partial charge on any atom is -0.370 e. The summed E-state index contributed by atoms with van der Waals surface area (Å²) in [5.41, 5.74) is 2.28. The van der Waals surface area contributed by atoms with Crippen LogP contribution in [0.3, 0.4) is 0 Å². The summed E-state index contributed by atoms with van der Waals surface area (Å²) in [5.74, 6) is -0.578. The quantitative estimate of drug-likeness (QED) is 0.873. The number of benzene rings is 2. The van der Waals surface area contributed by atoms with Crippen molar-refractivity contribution in [3.05, 3.63) is 47.8 Å². The van der Waals surface area contributed by atoms with Crippen LogP contribution in [0.25, 0.3) is 0 Å². The van der Waals surface area contributed by atoms with Gasteiger partial charge in [0.15, 0.2) is 0 Å². The second-order valence-corrected chi connectivity index (χ2v) is 8.56. The molecule has 0 bridgehead atoms. The average Bonchev–Trinajstić information content (AvgIpc) is 3.23. The van der Waals surface area contributed by atoms with E-state index in [9.17, 15) is 17.6 Å². The molecule has 1 saturated heterocycles. The van der Waals surface area contributed by atoms with Crippen LogP contribution < -0.4 is 14.5 Å². The van der Waals surface area contributed by atoms with Gasteiger partial charge >= 0.3 is 0 Å². The van der Waals surface area contributed by atoms with Crippen LogP contribution in [0.1, 0.15) is 18.4 Å². The number of carbonyl (C=O) groups excluding carboxylic acids is 1. The summed E-state index contributed by atoms with van der Waals surface area (Å²) >= 11 is 0. The van der Waals surface area contributed by atoms with Gasteiger partial charge in [-0.3, -0.25) is 9.52 Å². The summed E-state index contributed by atoms with van der Waals surface area (Å²) in [6.45, 7) is 1.63. The van der Waals surface area contributed by atoms with Crippen molar-refractivity contribution in [2.75, 3.05) is 34.7 Å². The van der Waals surface area contributed by atoms with Crippen molar-refractivity contribution in [3.8, 4) is 0 Å². The summed E-state index contributed by atoms with van der Waals surface area (Å²) in [6.07, 6.45) is 2.22. The van der Waals surface area contributed by atoms with Gasteiger partial charge < -0.3 is 9.80 Å². The fourth-order valence-electron chi connectivity index (χ4n) is 3.64. The lowest BCUT2D eigenvalue weighted by atomic mass is 10.2. The average molecular weight is 389 g/mol. The van der Waals surface area contributed by atoms with Gasteiger partial charge in [0.2, 0.25) is 5.91 Å². The Balaban J connectivity index is 1.68. The minimum atomic E-state index is -3.91. The zero-order chi connectivity index (χ0) is 19.2. The van der Waals surface area contributed by atoms with E-state index in [1.807, 2.05) is 4.90 Å². The number of nitrogens with one attached hydrogen (secondary N) is 1. The number of rotatable bonds is 4. The monoisotopic (exact) mass is 389 g/mol. The highest BCUT2D eigenvalue weighted by molar-refractivity contribution is 7.92. The van der Waals surface area contributed by atoms with Gasteiger partial charge in [-0.15, -0.1) is 0 Å². The molecule has 6 nitrogen and oxygen atoms in total. The van der Waals surface area contributed by atoms with Gasteiger partial charge in [-0.05, 0) is 48.7 Å². The van der Waals surface area contributed by atoms with Crippen LogP contribution in [-0.4, -0.2) is 34.5 Å². The summed E-state index contributed by atoms with van der Waals surface area (Å²) in [6, 6.07) is 8.74. The van der Waals surface area contributed by atoms with Gasteiger partial charge in [0.25, 0.3) is 10.0 Å². The fourth-order valence-corrected chi connectivity index (χ4v) is 4.76. The zero-order valence-corrected chi connectivity index (χ0v) is 15.7. The first kappa shape index (κ1) is 17.8. The maximum atomic E-state index is 13.8. The molecule has 2 heterocycles. The first-order valence-corrected chi connectivity index (χ1v) is 10.3. The van der Waals surface area contributed by atoms with Crippen molar-refractivity contribution in [1.82, 2.24) is 0 Å². The standard InChI is InChI=1S/C19H20FN3O3S/c1-22-17-7-5-15(10-13(17)11-19(22)24)27(25,26)21-16-12-14(20)4-6-18(16)23-8-2-3-9-23/h4-7,10,12,21H,2-3,8-9,11H2,1H3. The Morgan fingerprint density at radius 2 is 1.74 bits per heavy atom. The predicted octanol–water partition coefficient (Wildman–Crippen LogP) is 2.75. The molecule has 0 aromatic heterocycles. The molecule has 2 aliphatic rings. The van der Waals surface area contributed by atoms with Crippen molar-refractivity contribution in [2.45, 2.75) is 24.2 Å². The number of sulfonamides is 1. The molecule has 2 aliphatic heterocycles. The first-order valence-electron chi connectivity index (χ1n) is 8.82. The molecular weight excluding hydrogens is 369 g/mol. The normalized spacial score (nSPS) is 16.7.